The summed E-state index contributed by atoms with van der Waals surface area (Å²) in [4.78, 5) is 12.4. The number of carbonyl (C=O) groups excluding carboxylic acids is 1. The fraction of sp³-hybridized carbons (Fsp3) is 0.312. The molecule has 0 aliphatic carbocycles. The van der Waals surface area contributed by atoms with Crippen LogP contribution in [-0.4, -0.2) is 40.6 Å². The zero-order chi connectivity index (χ0) is 16.6. The third kappa shape index (κ3) is 2.66. The zero-order valence-corrected chi connectivity index (χ0v) is 13.8. The van der Waals surface area contributed by atoms with Gasteiger partial charge in [0.15, 0.2) is 0 Å². The number of hydrogen-bond acceptors (Lipinski definition) is 4. The largest absolute Gasteiger partial charge is 0.383 e. The first kappa shape index (κ1) is 15.8. The van der Waals surface area contributed by atoms with Gasteiger partial charge in [-0.1, -0.05) is 24.3 Å². The maximum Gasteiger partial charge on any atom is 0.265 e. The zero-order valence-electron chi connectivity index (χ0n) is 12.9. The molecule has 2 aromatic rings. The predicted octanol–water partition coefficient (Wildman–Crippen LogP) is 1.50. The van der Waals surface area contributed by atoms with Gasteiger partial charge in [0.2, 0.25) is 5.91 Å². The number of rotatable bonds is 5. The molecule has 1 heterocycles. The van der Waals surface area contributed by atoms with E-state index in [-0.39, 0.29) is 23.4 Å². The van der Waals surface area contributed by atoms with Crippen LogP contribution in [0.1, 0.15) is 6.92 Å². The number of sulfonamides is 1. The van der Waals surface area contributed by atoms with Crippen molar-refractivity contribution in [2.75, 3.05) is 24.6 Å². The van der Waals surface area contributed by atoms with Crippen molar-refractivity contribution in [3.8, 4) is 0 Å². The van der Waals surface area contributed by atoms with Crippen LogP contribution >= 0.6 is 0 Å². The van der Waals surface area contributed by atoms with Crippen molar-refractivity contribution in [1.82, 2.24) is 5.32 Å². The van der Waals surface area contributed by atoms with Crippen molar-refractivity contribution in [3.05, 3.63) is 36.4 Å². The van der Waals surface area contributed by atoms with Gasteiger partial charge >= 0.3 is 0 Å². The minimum Gasteiger partial charge on any atom is -0.383 e. The van der Waals surface area contributed by atoms with Crippen LogP contribution in [0.5, 0.6) is 0 Å². The topological polar surface area (TPSA) is 75.7 Å². The monoisotopic (exact) mass is 334 g/mol. The molecule has 0 saturated heterocycles. The Kier molecular flexibility index (Phi) is 3.99. The summed E-state index contributed by atoms with van der Waals surface area (Å²) >= 11 is 0. The van der Waals surface area contributed by atoms with Crippen molar-refractivity contribution in [1.29, 1.82) is 0 Å². The molecule has 0 spiro atoms. The lowest BCUT2D eigenvalue weighted by molar-refractivity contribution is -0.120. The van der Waals surface area contributed by atoms with E-state index in [9.17, 15) is 13.2 Å². The summed E-state index contributed by atoms with van der Waals surface area (Å²) in [6.45, 7) is 1.92. The van der Waals surface area contributed by atoms with Gasteiger partial charge in [-0.25, -0.2) is 8.42 Å². The van der Waals surface area contributed by atoms with Gasteiger partial charge in [-0.3, -0.25) is 9.10 Å². The summed E-state index contributed by atoms with van der Waals surface area (Å²) in [5.41, 5.74) is 0.549. The third-order valence-electron chi connectivity index (χ3n) is 3.79. The number of nitrogens with zero attached hydrogens (tertiary/aromatic N) is 1. The lowest BCUT2D eigenvalue weighted by Gasteiger charge is -2.20. The number of anilines is 1. The average molecular weight is 334 g/mol. The van der Waals surface area contributed by atoms with Gasteiger partial charge in [-0.2, -0.15) is 0 Å². The molecule has 1 atom stereocenters. The van der Waals surface area contributed by atoms with Crippen molar-refractivity contribution in [3.63, 3.8) is 0 Å². The minimum atomic E-state index is -3.70. The fourth-order valence-electron chi connectivity index (χ4n) is 2.87. The molecule has 3 rings (SSSR count). The number of amides is 1. The van der Waals surface area contributed by atoms with Crippen molar-refractivity contribution in [2.24, 2.45) is 0 Å². The van der Waals surface area contributed by atoms with Gasteiger partial charge in [0.25, 0.3) is 10.0 Å². The summed E-state index contributed by atoms with van der Waals surface area (Å²) in [5, 5.41) is 4.25. The molecule has 6 nitrogen and oxygen atoms in total. The molecule has 0 bridgehead atoms. The molecule has 2 aromatic carbocycles. The Hall–Kier alpha value is -2.12. The Morgan fingerprint density at radius 3 is 2.65 bits per heavy atom. The second-order valence-corrected chi connectivity index (χ2v) is 7.40. The quantitative estimate of drug-likeness (QED) is 0.899. The van der Waals surface area contributed by atoms with Gasteiger partial charge < -0.3 is 10.1 Å². The second-order valence-electron chi connectivity index (χ2n) is 5.57. The van der Waals surface area contributed by atoms with Crippen molar-refractivity contribution in [2.45, 2.75) is 17.9 Å². The van der Waals surface area contributed by atoms with Gasteiger partial charge in [0.05, 0.1) is 17.2 Å². The van der Waals surface area contributed by atoms with Crippen LogP contribution in [0, 0.1) is 0 Å². The highest BCUT2D eigenvalue weighted by Crippen LogP contribution is 2.41. The molecule has 7 heteroatoms. The number of hydrogen-bond donors (Lipinski definition) is 1. The summed E-state index contributed by atoms with van der Waals surface area (Å²) < 4.78 is 31.6. The summed E-state index contributed by atoms with van der Waals surface area (Å²) in [6, 6.07) is 10.3. The van der Waals surface area contributed by atoms with E-state index in [1.165, 1.54) is 4.31 Å². The number of nitrogens with one attached hydrogen (secondary N) is 1. The number of methoxy groups -OCH3 is 1. The van der Waals surface area contributed by atoms with Gasteiger partial charge in [-0.15, -0.1) is 0 Å². The van der Waals surface area contributed by atoms with Gasteiger partial charge in [0.1, 0.15) is 6.54 Å². The minimum absolute atomic E-state index is 0.184. The lowest BCUT2D eigenvalue weighted by atomic mass is 10.1. The second kappa shape index (κ2) is 5.82. The molecule has 1 aliphatic rings. The van der Waals surface area contributed by atoms with Crippen LogP contribution in [0.25, 0.3) is 10.8 Å². The molecule has 122 valence electrons. The first-order valence-electron chi connectivity index (χ1n) is 7.28. The van der Waals surface area contributed by atoms with Crippen LogP contribution in [0.3, 0.4) is 0 Å². The summed E-state index contributed by atoms with van der Waals surface area (Å²) in [5.74, 6) is -0.358. The molecule has 1 amide bonds. The number of ether oxygens (including phenoxy) is 1. The van der Waals surface area contributed by atoms with E-state index >= 15 is 0 Å². The Labute approximate surface area is 135 Å². The number of benzene rings is 2. The van der Waals surface area contributed by atoms with E-state index in [0.717, 1.165) is 5.39 Å². The standard InChI is InChI=1S/C16H18N2O4S/c1-11(10-22-2)17-15(19)9-18-13-7-3-5-12-6-4-8-14(16(12)13)23(18,20)21/h3-8,11H,9-10H2,1-2H3,(H,17,19)/t11-/m1/s1. The summed E-state index contributed by atoms with van der Waals surface area (Å²) in [7, 11) is -2.15. The van der Waals surface area contributed by atoms with E-state index in [4.69, 9.17) is 4.74 Å². The molecule has 1 N–H and O–H groups in total. The Bertz CT molecular complexity index is 858. The maximum absolute atomic E-state index is 12.7. The predicted molar refractivity (Wildman–Crippen MR) is 88.0 cm³/mol. The smallest absolute Gasteiger partial charge is 0.265 e. The van der Waals surface area contributed by atoms with Crippen LogP contribution in [0.4, 0.5) is 5.69 Å². The Balaban J connectivity index is 1.93. The molecule has 1 aliphatic heterocycles. The maximum atomic E-state index is 12.7. The average Bonchev–Trinajstić information content (AvgIpc) is 2.71. The molecular formula is C16H18N2O4S. The van der Waals surface area contributed by atoms with Gasteiger partial charge in [0, 0.05) is 18.5 Å². The number of carbonyl (C=O) groups is 1. The molecule has 0 saturated carbocycles. The summed E-state index contributed by atoms with van der Waals surface area (Å²) in [6.07, 6.45) is 0. The van der Waals surface area contributed by atoms with E-state index in [1.807, 2.05) is 12.1 Å². The van der Waals surface area contributed by atoms with Crippen molar-refractivity contribution >= 4 is 32.4 Å². The molecule has 23 heavy (non-hydrogen) atoms. The van der Waals surface area contributed by atoms with E-state index in [1.54, 1.807) is 38.3 Å². The van der Waals surface area contributed by atoms with Crippen LogP contribution in [-0.2, 0) is 19.6 Å². The lowest BCUT2D eigenvalue weighted by Crippen LogP contribution is -2.43. The normalized spacial score (nSPS) is 16.5. The molecule has 0 aromatic heterocycles. The van der Waals surface area contributed by atoms with E-state index in [2.05, 4.69) is 5.32 Å². The Morgan fingerprint density at radius 2 is 1.96 bits per heavy atom. The van der Waals surface area contributed by atoms with Crippen molar-refractivity contribution < 1.29 is 17.9 Å². The highest BCUT2D eigenvalue weighted by Gasteiger charge is 2.36. The van der Waals surface area contributed by atoms with Crippen LogP contribution in [0.2, 0.25) is 0 Å². The van der Waals surface area contributed by atoms with Crippen LogP contribution in [0.15, 0.2) is 41.3 Å². The molecule has 0 fully saturated rings. The van der Waals surface area contributed by atoms with E-state index < -0.39 is 10.0 Å². The first-order valence-corrected chi connectivity index (χ1v) is 8.72. The van der Waals surface area contributed by atoms with Gasteiger partial charge in [-0.05, 0) is 24.4 Å². The fourth-order valence-corrected chi connectivity index (χ4v) is 4.54. The Morgan fingerprint density at radius 1 is 1.26 bits per heavy atom. The molecule has 0 unspecified atom stereocenters. The first-order chi connectivity index (χ1) is 10.9. The SMILES string of the molecule is COC[C@@H](C)NC(=O)CN1c2cccc3cccc(c23)S1(=O)=O. The van der Waals surface area contributed by atoms with Crippen LogP contribution < -0.4 is 9.62 Å². The van der Waals surface area contributed by atoms with E-state index in [0.29, 0.717) is 17.7 Å². The highest BCUT2D eigenvalue weighted by molar-refractivity contribution is 7.93. The molecule has 0 radical (unpaired) electrons. The highest BCUT2D eigenvalue weighted by atomic mass is 32.2. The molecular weight excluding hydrogens is 316 g/mol. The third-order valence-corrected chi connectivity index (χ3v) is 5.59.